The van der Waals surface area contributed by atoms with Crippen molar-refractivity contribution in [1.82, 2.24) is 0 Å². The van der Waals surface area contributed by atoms with E-state index in [0.29, 0.717) is 11.1 Å². The molecule has 0 amide bonds. The number of ketones is 1. The monoisotopic (exact) mass is 282 g/mol. The molecule has 0 saturated carbocycles. The number of carbonyl (C=O) groups excluding carboxylic acids is 2. The zero-order chi connectivity index (χ0) is 15.2. The Hall–Kier alpha value is -2.88. The number of allylic oxidation sites excluding steroid dienone is 1. The second-order valence-corrected chi connectivity index (χ2v) is 4.36. The van der Waals surface area contributed by atoms with Gasteiger partial charge in [0.15, 0.2) is 5.78 Å². The maximum absolute atomic E-state index is 11.9. The Morgan fingerprint density at radius 3 is 2.38 bits per heavy atom. The van der Waals surface area contributed by atoms with Crippen LogP contribution < -0.4 is 0 Å². The lowest BCUT2D eigenvalue weighted by Crippen LogP contribution is -2.00. The number of ether oxygens (including phenoxy) is 1. The molecule has 1 N–H and O–H groups in total. The van der Waals surface area contributed by atoms with Gasteiger partial charge in [-0.25, -0.2) is 4.79 Å². The average Bonchev–Trinajstić information content (AvgIpc) is 2.52. The summed E-state index contributed by atoms with van der Waals surface area (Å²) in [6, 6.07) is 12.9. The number of hydrogen-bond donors (Lipinski definition) is 1. The molecule has 2 aromatic rings. The lowest BCUT2D eigenvalue weighted by Gasteiger charge is -1.99. The number of benzene rings is 2. The fourth-order valence-electron chi connectivity index (χ4n) is 1.78. The van der Waals surface area contributed by atoms with Crippen molar-refractivity contribution in [1.29, 1.82) is 0 Å². The van der Waals surface area contributed by atoms with E-state index in [2.05, 4.69) is 4.74 Å². The lowest BCUT2D eigenvalue weighted by molar-refractivity contribution is 0.0600. The first-order valence-corrected chi connectivity index (χ1v) is 6.30. The van der Waals surface area contributed by atoms with Crippen LogP contribution in [0.25, 0.3) is 6.08 Å². The Balaban J connectivity index is 2.10. The SMILES string of the molecule is COC(=O)c1ccc(/C=C/C(=O)c2cccc(O)c2)cc1. The van der Waals surface area contributed by atoms with E-state index in [9.17, 15) is 14.7 Å². The van der Waals surface area contributed by atoms with Crippen LogP contribution in [0.2, 0.25) is 0 Å². The van der Waals surface area contributed by atoms with Gasteiger partial charge in [-0.2, -0.15) is 0 Å². The van der Waals surface area contributed by atoms with Crippen LogP contribution in [0.3, 0.4) is 0 Å². The van der Waals surface area contributed by atoms with E-state index in [4.69, 9.17) is 0 Å². The molecule has 0 aliphatic heterocycles. The first kappa shape index (κ1) is 14.5. The molecule has 0 saturated heterocycles. The summed E-state index contributed by atoms with van der Waals surface area (Å²) >= 11 is 0. The third kappa shape index (κ3) is 3.79. The van der Waals surface area contributed by atoms with Crippen LogP contribution in [0, 0.1) is 0 Å². The third-order valence-electron chi connectivity index (χ3n) is 2.89. The number of hydrogen-bond acceptors (Lipinski definition) is 4. The summed E-state index contributed by atoms with van der Waals surface area (Å²) in [6.07, 6.45) is 3.06. The molecule has 106 valence electrons. The second-order valence-electron chi connectivity index (χ2n) is 4.36. The zero-order valence-corrected chi connectivity index (χ0v) is 11.4. The van der Waals surface area contributed by atoms with Crippen molar-refractivity contribution in [2.45, 2.75) is 0 Å². The van der Waals surface area contributed by atoms with E-state index in [1.54, 1.807) is 42.5 Å². The van der Waals surface area contributed by atoms with Crippen LogP contribution in [0.4, 0.5) is 0 Å². The summed E-state index contributed by atoms with van der Waals surface area (Å²) in [5.41, 5.74) is 1.66. The minimum absolute atomic E-state index is 0.0525. The topological polar surface area (TPSA) is 63.6 Å². The van der Waals surface area contributed by atoms with Crippen molar-refractivity contribution in [2.24, 2.45) is 0 Å². The van der Waals surface area contributed by atoms with Gasteiger partial charge in [0.05, 0.1) is 12.7 Å². The molecule has 4 heteroatoms. The summed E-state index contributed by atoms with van der Waals surface area (Å²) in [4.78, 5) is 23.2. The van der Waals surface area contributed by atoms with Gasteiger partial charge in [0.1, 0.15) is 5.75 Å². The highest BCUT2D eigenvalue weighted by Crippen LogP contribution is 2.13. The Bertz CT molecular complexity index is 684. The smallest absolute Gasteiger partial charge is 0.337 e. The van der Waals surface area contributed by atoms with Crippen molar-refractivity contribution in [3.05, 3.63) is 71.3 Å². The molecule has 4 nitrogen and oxygen atoms in total. The summed E-state index contributed by atoms with van der Waals surface area (Å²) in [5.74, 6) is -0.555. The maximum Gasteiger partial charge on any atom is 0.337 e. The molecule has 2 aromatic carbocycles. The van der Waals surface area contributed by atoms with Crippen molar-refractivity contribution in [3.63, 3.8) is 0 Å². The van der Waals surface area contributed by atoms with Gasteiger partial charge in [0, 0.05) is 5.56 Å². The van der Waals surface area contributed by atoms with E-state index in [-0.39, 0.29) is 11.5 Å². The lowest BCUT2D eigenvalue weighted by atomic mass is 10.1. The molecule has 0 aromatic heterocycles. The fraction of sp³-hybridized carbons (Fsp3) is 0.0588. The van der Waals surface area contributed by atoms with E-state index < -0.39 is 5.97 Å². The summed E-state index contributed by atoms with van der Waals surface area (Å²) in [5, 5.41) is 9.33. The van der Waals surface area contributed by atoms with Crippen molar-refractivity contribution >= 4 is 17.8 Å². The Labute approximate surface area is 122 Å². The van der Waals surface area contributed by atoms with Gasteiger partial charge in [-0.05, 0) is 35.9 Å². The van der Waals surface area contributed by atoms with Crippen LogP contribution in [0.5, 0.6) is 5.75 Å². The minimum atomic E-state index is -0.402. The van der Waals surface area contributed by atoms with Crippen LogP contribution in [-0.2, 0) is 4.74 Å². The number of phenols is 1. The van der Waals surface area contributed by atoms with Crippen molar-refractivity contribution < 1.29 is 19.4 Å². The average molecular weight is 282 g/mol. The Kier molecular flexibility index (Phi) is 4.51. The molecule has 0 heterocycles. The van der Waals surface area contributed by atoms with Gasteiger partial charge in [-0.15, -0.1) is 0 Å². The number of aromatic hydroxyl groups is 1. The van der Waals surface area contributed by atoms with E-state index in [1.165, 1.54) is 25.3 Å². The van der Waals surface area contributed by atoms with Crippen LogP contribution in [0.1, 0.15) is 26.3 Å². The zero-order valence-electron chi connectivity index (χ0n) is 11.4. The number of rotatable bonds is 4. The van der Waals surface area contributed by atoms with Gasteiger partial charge in [0.25, 0.3) is 0 Å². The van der Waals surface area contributed by atoms with Gasteiger partial charge >= 0.3 is 5.97 Å². The molecule has 0 aliphatic carbocycles. The molecule has 0 aliphatic rings. The summed E-state index contributed by atoms with van der Waals surface area (Å²) in [6.45, 7) is 0. The molecule has 0 fully saturated rings. The van der Waals surface area contributed by atoms with Gasteiger partial charge < -0.3 is 9.84 Å². The van der Waals surface area contributed by atoms with Crippen LogP contribution in [-0.4, -0.2) is 24.0 Å². The van der Waals surface area contributed by atoms with Gasteiger partial charge in [0.2, 0.25) is 0 Å². The first-order valence-electron chi connectivity index (χ1n) is 6.30. The number of methoxy groups -OCH3 is 1. The highest BCUT2D eigenvalue weighted by atomic mass is 16.5. The number of carbonyl (C=O) groups is 2. The standard InChI is InChI=1S/C17H14O4/c1-21-17(20)13-8-5-12(6-9-13)7-10-16(19)14-3-2-4-15(18)11-14/h2-11,18H,1H3/b10-7+. The Morgan fingerprint density at radius 1 is 1.05 bits per heavy atom. The van der Waals surface area contributed by atoms with Crippen LogP contribution >= 0.6 is 0 Å². The summed E-state index contributed by atoms with van der Waals surface area (Å²) < 4.78 is 4.61. The molecular formula is C17H14O4. The predicted octanol–water partition coefficient (Wildman–Crippen LogP) is 3.07. The molecule has 21 heavy (non-hydrogen) atoms. The van der Waals surface area contributed by atoms with Crippen molar-refractivity contribution in [2.75, 3.05) is 7.11 Å². The minimum Gasteiger partial charge on any atom is -0.508 e. The normalized spacial score (nSPS) is 10.5. The Morgan fingerprint density at radius 2 is 1.76 bits per heavy atom. The second kappa shape index (κ2) is 6.52. The highest BCUT2D eigenvalue weighted by Gasteiger charge is 2.04. The summed E-state index contributed by atoms with van der Waals surface area (Å²) in [7, 11) is 1.32. The molecule has 0 atom stereocenters. The molecule has 2 rings (SSSR count). The fourth-order valence-corrected chi connectivity index (χ4v) is 1.78. The molecule has 0 bridgehead atoms. The predicted molar refractivity (Wildman–Crippen MR) is 79.3 cm³/mol. The van der Waals surface area contributed by atoms with Gasteiger partial charge in [-0.3, -0.25) is 4.79 Å². The quantitative estimate of drug-likeness (QED) is 0.532. The number of esters is 1. The molecular weight excluding hydrogens is 268 g/mol. The molecule has 0 radical (unpaired) electrons. The van der Waals surface area contributed by atoms with E-state index in [1.807, 2.05) is 0 Å². The number of phenolic OH excluding ortho intramolecular Hbond substituents is 1. The van der Waals surface area contributed by atoms with E-state index in [0.717, 1.165) is 5.56 Å². The largest absolute Gasteiger partial charge is 0.508 e. The highest BCUT2D eigenvalue weighted by molar-refractivity contribution is 6.07. The van der Waals surface area contributed by atoms with Crippen LogP contribution in [0.15, 0.2) is 54.6 Å². The van der Waals surface area contributed by atoms with E-state index >= 15 is 0 Å². The maximum atomic E-state index is 11.9. The molecule has 0 spiro atoms. The van der Waals surface area contributed by atoms with Crippen molar-refractivity contribution in [3.8, 4) is 5.75 Å². The van der Waals surface area contributed by atoms with Gasteiger partial charge in [-0.1, -0.05) is 30.3 Å². The first-order chi connectivity index (χ1) is 10.1. The third-order valence-corrected chi connectivity index (χ3v) is 2.89. The molecule has 0 unspecified atom stereocenters.